The van der Waals surface area contributed by atoms with E-state index < -0.39 is 23.6 Å². The Morgan fingerprint density at radius 1 is 1.38 bits per heavy atom. The second kappa shape index (κ2) is 9.01. The Bertz CT molecular complexity index is 582. The molecule has 144 valence electrons. The predicted octanol–water partition coefficient (Wildman–Crippen LogP) is 0.894. The van der Waals surface area contributed by atoms with Crippen molar-refractivity contribution in [3.8, 4) is 6.07 Å². The molecular weight excluding hydrogens is 336 g/mol. The van der Waals surface area contributed by atoms with Gasteiger partial charge in [-0.05, 0) is 19.9 Å². The molecule has 0 aliphatic carbocycles. The highest BCUT2D eigenvalue weighted by molar-refractivity contribution is 5.84. The van der Waals surface area contributed by atoms with Crippen molar-refractivity contribution in [3.05, 3.63) is 12.2 Å². The zero-order chi connectivity index (χ0) is 19.2. The lowest BCUT2D eigenvalue weighted by Gasteiger charge is -2.30. The zero-order valence-corrected chi connectivity index (χ0v) is 15.6. The van der Waals surface area contributed by atoms with Crippen LogP contribution >= 0.6 is 0 Å². The average molecular weight is 364 g/mol. The molecule has 0 radical (unpaired) electrons. The van der Waals surface area contributed by atoms with E-state index in [0.717, 1.165) is 18.7 Å². The van der Waals surface area contributed by atoms with Gasteiger partial charge in [-0.15, -0.1) is 0 Å². The number of carbonyl (C=O) groups excluding carboxylic acids is 2. The Morgan fingerprint density at radius 3 is 2.62 bits per heavy atom. The van der Waals surface area contributed by atoms with Crippen molar-refractivity contribution in [1.82, 2.24) is 15.1 Å². The van der Waals surface area contributed by atoms with E-state index in [1.165, 1.54) is 4.90 Å². The van der Waals surface area contributed by atoms with Crippen LogP contribution in [0.25, 0.3) is 0 Å². The number of amides is 2. The molecule has 2 rings (SSSR count). The molecule has 0 aromatic rings. The van der Waals surface area contributed by atoms with E-state index in [1.807, 2.05) is 6.92 Å². The van der Waals surface area contributed by atoms with Crippen molar-refractivity contribution in [2.24, 2.45) is 0 Å². The summed E-state index contributed by atoms with van der Waals surface area (Å²) in [6, 6.07) is 2.23. The summed E-state index contributed by atoms with van der Waals surface area (Å²) in [6.07, 6.45) is -0.757. The van der Waals surface area contributed by atoms with Gasteiger partial charge in [0, 0.05) is 32.6 Å². The molecule has 8 nitrogen and oxygen atoms in total. The summed E-state index contributed by atoms with van der Waals surface area (Å²) in [5.41, 5.74) is -0.209. The molecule has 0 bridgehead atoms. The largest absolute Gasteiger partial charge is 0.436 e. The zero-order valence-electron chi connectivity index (χ0n) is 15.6. The van der Waals surface area contributed by atoms with Gasteiger partial charge in [-0.1, -0.05) is 19.1 Å². The summed E-state index contributed by atoms with van der Waals surface area (Å²) >= 11 is 0. The quantitative estimate of drug-likeness (QED) is 0.704. The van der Waals surface area contributed by atoms with Crippen molar-refractivity contribution in [1.29, 1.82) is 5.26 Å². The number of nitrogens with zero attached hydrogens (tertiary/aromatic N) is 3. The van der Waals surface area contributed by atoms with Crippen LogP contribution in [0.4, 0.5) is 4.79 Å². The van der Waals surface area contributed by atoms with E-state index in [9.17, 15) is 14.9 Å². The molecule has 2 aliphatic heterocycles. The van der Waals surface area contributed by atoms with Gasteiger partial charge < -0.3 is 24.6 Å². The first kappa shape index (κ1) is 20.2. The molecule has 2 aliphatic rings. The number of nitrogens with one attached hydrogen (secondary N) is 1. The lowest BCUT2D eigenvalue weighted by atomic mass is 9.99. The molecule has 1 N–H and O–H groups in total. The van der Waals surface area contributed by atoms with Gasteiger partial charge in [0.2, 0.25) is 0 Å². The van der Waals surface area contributed by atoms with Crippen molar-refractivity contribution in [2.75, 3.05) is 45.9 Å². The first-order chi connectivity index (χ1) is 12.4. The SMILES string of the molecule is C=C(C)C[C@H](OC(=O)N1CCOCC1)C(=O)NC1(C#N)CCN(CC)C1. The summed E-state index contributed by atoms with van der Waals surface area (Å²) in [5, 5.41) is 12.4. The third-order valence-corrected chi connectivity index (χ3v) is 4.71. The van der Waals surface area contributed by atoms with Crippen molar-refractivity contribution in [2.45, 2.75) is 38.3 Å². The van der Waals surface area contributed by atoms with E-state index in [0.29, 0.717) is 39.3 Å². The van der Waals surface area contributed by atoms with E-state index in [-0.39, 0.29) is 6.42 Å². The number of likely N-dealkylation sites (N-methyl/N-ethyl adjacent to an activating group) is 1. The van der Waals surface area contributed by atoms with Crippen LogP contribution in [0.2, 0.25) is 0 Å². The van der Waals surface area contributed by atoms with Gasteiger partial charge in [0.05, 0.1) is 19.3 Å². The first-order valence-electron chi connectivity index (χ1n) is 9.02. The van der Waals surface area contributed by atoms with E-state index >= 15 is 0 Å². The number of hydrogen-bond donors (Lipinski definition) is 1. The van der Waals surface area contributed by atoms with Gasteiger partial charge in [0.1, 0.15) is 5.54 Å². The number of carbonyl (C=O) groups is 2. The van der Waals surface area contributed by atoms with Crippen LogP contribution in [0.5, 0.6) is 0 Å². The minimum absolute atomic E-state index is 0.223. The maximum atomic E-state index is 12.8. The van der Waals surface area contributed by atoms with Gasteiger partial charge in [-0.2, -0.15) is 5.26 Å². The third kappa shape index (κ3) is 5.19. The Hall–Kier alpha value is -2.11. The number of hydrogen-bond acceptors (Lipinski definition) is 6. The van der Waals surface area contributed by atoms with Crippen LogP contribution in [0.1, 0.15) is 26.7 Å². The van der Waals surface area contributed by atoms with Crippen LogP contribution in [-0.4, -0.2) is 79.4 Å². The Morgan fingerprint density at radius 2 is 2.08 bits per heavy atom. The summed E-state index contributed by atoms with van der Waals surface area (Å²) in [7, 11) is 0. The molecule has 2 atom stereocenters. The van der Waals surface area contributed by atoms with Gasteiger partial charge in [0.15, 0.2) is 6.10 Å². The third-order valence-electron chi connectivity index (χ3n) is 4.71. The lowest BCUT2D eigenvalue weighted by molar-refractivity contribution is -0.131. The maximum Gasteiger partial charge on any atom is 0.410 e. The smallest absolute Gasteiger partial charge is 0.410 e. The van der Waals surface area contributed by atoms with E-state index in [1.54, 1.807) is 6.92 Å². The molecule has 8 heteroatoms. The van der Waals surface area contributed by atoms with Crippen molar-refractivity contribution < 1.29 is 19.1 Å². The van der Waals surface area contributed by atoms with Crippen LogP contribution < -0.4 is 5.32 Å². The number of likely N-dealkylation sites (tertiary alicyclic amines) is 1. The minimum Gasteiger partial charge on any atom is -0.436 e. The van der Waals surface area contributed by atoms with Gasteiger partial charge >= 0.3 is 6.09 Å². The summed E-state index contributed by atoms with van der Waals surface area (Å²) in [5.74, 6) is -0.450. The summed E-state index contributed by atoms with van der Waals surface area (Å²) in [4.78, 5) is 28.7. The molecule has 0 aromatic heterocycles. The number of nitriles is 1. The highest BCUT2D eigenvalue weighted by atomic mass is 16.6. The van der Waals surface area contributed by atoms with Crippen LogP contribution in [0.15, 0.2) is 12.2 Å². The minimum atomic E-state index is -0.997. The molecule has 2 heterocycles. The molecule has 0 aromatic carbocycles. The van der Waals surface area contributed by atoms with Crippen molar-refractivity contribution >= 4 is 12.0 Å². The van der Waals surface area contributed by atoms with Crippen LogP contribution in [0, 0.1) is 11.3 Å². The fourth-order valence-corrected chi connectivity index (χ4v) is 3.14. The topological polar surface area (TPSA) is 94.9 Å². The molecule has 0 saturated carbocycles. The fraction of sp³-hybridized carbons (Fsp3) is 0.722. The van der Waals surface area contributed by atoms with E-state index in [4.69, 9.17) is 9.47 Å². The lowest BCUT2D eigenvalue weighted by Crippen LogP contribution is -2.54. The monoisotopic (exact) mass is 364 g/mol. The molecule has 2 saturated heterocycles. The van der Waals surface area contributed by atoms with Gasteiger partial charge in [0.25, 0.3) is 5.91 Å². The highest BCUT2D eigenvalue weighted by Crippen LogP contribution is 2.21. The Balaban J connectivity index is 2.03. The maximum absolute atomic E-state index is 12.8. The fourth-order valence-electron chi connectivity index (χ4n) is 3.14. The average Bonchev–Trinajstić information content (AvgIpc) is 3.05. The highest BCUT2D eigenvalue weighted by Gasteiger charge is 2.41. The second-order valence-corrected chi connectivity index (χ2v) is 6.93. The molecular formula is C18H28N4O4. The normalized spacial score (nSPS) is 24.6. The van der Waals surface area contributed by atoms with Gasteiger partial charge in [-0.25, -0.2) is 4.79 Å². The summed E-state index contributed by atoms with van der Waals surface area (Å²) in [6.45, 7) is 11.4. The standard InChI is InChI=1S/C18H28N4O4/c1-4-21-6-5-18(12-19,13-21)20-16(23)15(11-14(2)3)26-17(24)22-7-9-25-10-8-22/h15H,2,4-11,13H2,1,3H3,(H,20,23)/t15-,18?/m0/s1. The van der Waals surface area contributed by atoms with Crippen LogP contribution in [-0.2, 0) is 14.3 Å². The Kier molecular flexibility index (Phi) is 7.00. The molecule has 26 heavy (non-hydrogen) atoms. The first-order valence-corrected chi connectivity index (χ1v) is 9.02. The molecule has 1 unspecified atom stereocenters. The summed E-state index contributed by atoms with van der Waals surface area (Å²) < 4.78 is 10.7. The Labute approximate surface area is 154 Å². The molecule has 0 spiro atoms. The van der Waals surface area contributed by atoms with E-state index in [2.05, 4.69) is 22.9 Å². The van der Waals surface area contributed by atoms with Crippen LogP contribution in [0.3, 0.4) is 0 Å². The molecule has 2 fully saturated rings. The second-order valence-electron chi connectivity index (χ2n) is 6.93. The number of rotatable bonds is 6. The van der Waals surface area contributed by atoms with Crippen molar-refractivity contribution in [3.63, 3.8) is 0 Å². The predicted molar refractivity (Wildman–Crippen MR) is 95.3 cm³/mol. The number of ether oxygens (including phenoxy) is 2. The molecule has 2 amide bonds. The number of morpholine rings is 1. The van der Waals surface area contributed by atoms with Gasteiger partial charge in [-0.3, -0.25) is 4.79 Å².